The fourth-order valence-corrected chi connectivity index (χ4v) is 2.16. The molecule has 1 atom stereocenters. The van der Waals surface area contributed by atoms with E-state index < -0.39 is 34.6 Å². The second-order valence-corrected chi connectivity index (χ2v) is 5.48. The van der Waals surface area contributed by atoms with Gasteiger partial charge in [-0.3, -0.25) is 9.59 Å². The van der Waals surface area contributed by atoms with E-state index in [2.05, 4.69) is 0 Å². The number of nitrogens with one attached hydrogen (secondary N) is 1. The number of nitrogens with zero attached hydrogens (tertiary/aromatic N) is 1. The number of rotatable bonds is 7. The molecule has 0 aliphatic rings. The van der Waals surface area contributed by atoms with Crippen LogP contribution >= 0.6 is 0 Å². The Morgan fingerprint density at radius 3 is 2.06 bits per heavy atom. The molecule has 8 nitrogen and oxygen atoms in total. The Morgan fingerprint density at radius 1 is 1.29 bits per heavy atom. The molecule has 0 amide bonds. The fourth-order valence-electron chi connectivity index (χ4n) is 0.894. The van der Waals surface area contributed by atoms with Gasteiger partial charge in [0, 0.05) is 13.1 Å². The lowest BCUT2D eigenvalue weighted by Gasteiger charge is -2.23. The van der Waals surface area contributed by atoms with E-state index in [0.717, 1.165) is 4.31 Å². The predicted molar refractivity (Wildman–Crippen MR) is 58.6 cm³/mol. The Kier molecular flexibility index (Phi) is 5.52. The van der Waals surface area contributed by atoms with Gasteiger partial charge in [-0.25, -0.2) is 0 Å². The summed E-state index contributed by atoms with van der Waals surface area (Å²) in [4.78, 5) is 21.1. The van der Waals surface area contributed by atoms with Crippen LogP contribution in [-0.4, -0.2) is 54.0 Å². The van der Waals surface area contributed by atoms with Crippen LogP contribution in [0.4, 0.5) is 0 Å². The third-order valence-electron chi connectivity index (χ3n) is 2.07. The van der Waals surface area contributed by atoms with Gasteiger partial charge in [-0.15, -0.1) is 0 Å². The van der Waals surface area contributed by atoms with Crippen molar-refractivity contribution in [1.29, 1.82) is 0 Å². The maximum Gasteiger partial charge on any atom is 0.322 e. The summed E-state index contributed by atoms with van der Waals surface area (Å²) in [6.07, 6.45) is -0.819. The Hall–Kier alpha value is -1.19. The maximum absolute atomic E-state index is 11.6. The minimum Gasteiger partial charge on any atom is -0.481 e. The second-order valence-electron chi connectivity index (χ2n) is 3.72. The van der Waals surface area contributed by atoms with Gasteiger partial charge in [0.05, 0.1) is 6.42 Å². The molecule has 0 aliphatic carbocycles. The number of carbonyl (C=O) groups is 2. The highest BCUT2D eigenvalue weighted by Crippen LogP contribution is 2.04. The monoisotopic (exact) mass is 268 g/mol. The van der Waals surface area contributed by atoms with E-state index in [9.17, 15) is 18.0 Å². The fraction of sp³-hybridized carbons (Fsp3) is 0.750. The van der Waals surface area contributed by atoms with Crippen molar-refractivity contribution in [2.45, 2.75) is 32.4 Å². The Balaban J connectivity index is 4.88. The summed E-state index contributed by atoms with van der Waals surface area (Å²) in [6, 6.07) is -2.05. The summed E-state index contributed by atoms with van der Waals surface area (Å²) in [7, 11) is -2.74. The summed E-state index contributed by atoms with van der Waals surface area (Å²) < 4.78 is 26.0. The van der Waals surface area contributed by atoms with Gasteiger partial charge in [0.1, 0.15) is 6.04 Å². The molecule has 0 heterocycles. The Labute approximate surface area is 99.4 Å². The lowest BCUT2D eigenvalue weighted by Crippen LogP contribution is -2.49. The van der Waals surface area contributed by atoms with E-state index in [0.29, 0.717) is 0 Å². The van der Waals surface area contributed by atoms with Crippen molar-refractivity contribution in [2.24, 2.45) is 0 Å². The van der Waals surface area contributed by atoms with Crippen LogP contribution in [0.2, 0.25) is 0 Å². The molecule has 0 rings (SSSR count). The van der Waals surface area contributed by atoms with Gasteiger partial charge in [0.25, 0.3) is 10.2 Å². The second kappa shape index (κ2) is 5.94. The van der Waals surface area contributed by atoms with Crippen molar-refractivity contribution >= 4 is 22.1 Å². The highest BCUT2D eigenvalue weighted by Gasteiger charge is 2.29. The first kappa shape index (κ1) is 15.8. The van der Waals surface area contributed by atoms with Gasteiger partial charge < -0.3 is 10.2 Å². The van der Waals surface area contributed by atoms with Crippen LogP contribution in [0.25, 0.3) is 0 Å². The molecule has 0 aromatic heterocycles. The quantitative estimate of drug-likeness (QED) is 0.549. The van der Waals surface area contributed by atoms with Crippen molar-refractivity contribution in [3.05, 3.63) is 0 Å². The van der Waals surface area contributed by atoms with Gasteiger partial charge in [-0.1, -0.05) is 0 Å². The lowest BCUT2D eigenvalue weighted by molar-refractivity contribution is -0.145. The predicted octanol–water partition coefficient (Wildman–Crippen LogP) is -0.911. The minimum atomic E-state index is -4.01. The third-order valence-corrected chi connectivity index (χ3v) is 3.84. The van der Waals surface area contributed by atoms with Crippen molar-refractivity contribution in [1.82, 2.24) is 9.03 Å². The number of aliphatic carboxylic acids is 2. The highest BCUT2D eigenvalue weighted by atomic mass is 32.2. The molecule has 0 aromatic carbocycles. The highest BCUT2D eigenvalue weighted by molar-refractivity contribution is 7.87. The largest absolute Gasteiger partial charge is 0.481 e. The third kappa shape index (κ3) is 5.11. The number of carboxylic acid groups (broad SMARTS) is 2. The van der Waals surface area contributed by atoms with Gasteiger partial charge in [-0.05, 0) is 13.8 Å². The van der Waals surface area contributed by atoms with Crippen molar-refractivity contribution in [3.63, 3.8) is 0 Å². The van der Waals surface area contributed by atoms with Crippen molar-refractivity contribution in [3.8, 4) is 0 Å². The molecule has 9 heteroatoms. The normalized spacial score (nSPS) is 13.9. The van der Waals surface area contributed by atoms with E-state index in [1.807, 2.05) is 4.72 Å². The molecular weight excluding hydrogens is 252 g/mol. The van der Waals surface area contributed by atoms with Gasteiger partial charge >= 0.3 is 11.9 Å². The zero-order valence-corrected chi connectivity index (χ0v) is 10.6. The summed E-state index contributed by atoms with van der Waals surface area (Å²) in [5.74, 6) is -2.93. The van der Waals surface area contributed by atoms with Crippen LogP contribution in [0, 0.1) is 0 Å². The average Bonchev–Trinajstić information content (AvgIpc) is 2.14. The van der Waals surface area contributed by atoms with Crippen molar-refractivity contribution < 1.29 is 28.2 Å². The van der Waals surface area contributed by atoms with Crippen LogP contribution in [0.1, 0.15) is 20.3 Å². The topological polar surface area (TPSA) is 124 Å². The van der Waals surface area contributed by atoms with Crippen LogP contribution in [0.5, 0.6) is 0 Å². The van der Waals surface area contributed by atoms with E-state index in [-0.39, 0.29) is 6.04 Å². The Bertz CT molecular complexity index is 391. The van der Waals surface area contributed by atoms with E-state index in [4.69, 9.17) is 10.2 Å². The Morgan fingerprint density at radius 2 is 1.76 bits per heavy atom. The molecule has 0 saturated heterocycles. The summed E-state index contributed by atoms with van der Waals surface area (Å²) in [5.41, 5.74) is 0. The van der Waals surface area contributed by atoms with E-state index in [1.54, 1.807) is 13.8 Å². The molecule has 17 heavy (non-hydrogen) atoms. The molecule has 0 spiro atoms. The van der Waals surface area contributed by atoms with E-state index >= 15 is 0 Å². The number of hydrogen-bond donors (Lipinski definition) is 3. The standard InChI is InChI=1S/C8H16N2O6S/c1-5(2)10(3)17(15,16)9-6(8(13)14)4-7(11)12/h5-6,9H,4H2,1-3H3,(H,11,12)(H,13,14). The van der Waals surface area contributed by atoms with Crippen molar-refractivity contribution in [2.75, 3.05) is 7.05 Å². The molecule has 0 fully saturated rings. The molecule has 3 N–H and O–H groups in total. The van der Waals surface area contributed by atoms with Gasteiger partial charge in [-0.2, -0.15) is 17.4 Å². The molecule has 100 valence electrons. The molecule has 0 bridgehead atoms. The SMILES string of the molecule is CC(C)N(C)S(=O)(=O)NC(CC(=O)O)C(=O)O. The summed E-state index contributed by atoms with van der Waals surface area (Å²) in [6.45, 7) is 3.21. The first-order chi connectivity index (χ1) is 7.58. The van der Waals surface area contributed by atoms with Gasteiger partial charge in [0.2, 0.25) is 0 Å². The van der Waals surface area contributed by atoms with Crippen LogP contribution < -0.4 is 4.72 Å². The summed E-state index contributed by atoms with van der Waals surface area (Å²) in [5, 5.41) is 17.2. The zero-order chi connectivity index (χ0) is 13.8. The van der Waals surface area contributed by atoms with E-state index in [1.165, 1.54) is 7.05 Å². The molecule has 0 saturated carbocycles. The van der Waals surface area contributed by atoms with Crippen LogP contribution in [0.3, 0.4) is 0 Å². The molecule has 0 aliphatic heterocycles. The smallest absolute Gasteiger partial charge is 0.322 e. The first-order valence-corrected chi connectivity index (χ1v) is 6.21. The number of carboxylic acids is 2. The first-order valence-electron chi connectivity index (χ1n) is 4.77. The lowest BCUT2D eigenvalue weighted by atomic mass is 10.2. The zero-order valence-electron chi connectivity index (χ0n) is 9.74. The van der Waals surface area contributed by atoms with Gasteiger partial charge in [0.15, 0.2) is 0 Å². The van der Waals surface area contributed by atoms with Crippen LogP contribution in [0.15, 0.2) is 0 Å². The maximum atomic E-state index is 11.6. The molecule has 0 aromatic rings. The molecule has 0 radical (unpaired) electrons. The number of hydrogen-bond acceptors (Lipinski definition) is 4. The average molecular weight is 268 g/mol. The molecule has 1 unspecified atom stereocenters. The van der Waals surface area contributed by atoms with Crippen LogP contribution in [-0.2, 0) is 19.8 Å². The molecular formula is C8H16N2O6S. The summed E-state index contributed by atoms with van der Waals surface area (Å²) >= 11 is 0. The minimum absolute atomic E-state index is 0.369.